The van der Waals surface area contributed by atoms with E-state index in [0.717, 1.165) is 5.69 Å². The molecule has 0 aliphatic rings. The molecule has 0 aliphatic carbocycles. The van der Waals surface area contributed by atoms with Crippen molar-refractivity contribution >= 4 is 5.91 Å². The lowest BCUT2D eigenvalue weighted by Gasteiger charge is -2.21. The molecule has 0 fully saturated rings. The molecule has 0 aliphatic heterocycles. The first-order chi connectivity index (χ1) is 7.95. The third-order valence-corrected chi connectivity index (χ3v) is 2.67. The molecule has 0 radical (unpaired) electrons. The monoisotopic (exact) mass is 236 g/mol. The lowest BCUT2D eigenvalue weighted by Crippen LogP contribution is -2.34. The fraction of sp³-hybridized carbons (Fsp3) is 0.583. The summed E-state index contributed by atoms with van der Waals surface area (Å²) in [7, 11) is 1.78. The van der Waals surface area contributed by atoms with Gasteiger partial charge in [-0.15, -0.1) is 0 Å². The normalized spacial score (nSPS) is 12.3. The maximum absolute atomic E-state index is 12.2. The second-order valence-electron chi connectivity index (χ2n) is 4.51. The highest BCUT2D eigenvalue weighted by Gasteiger charge is 2.17. The summed E-state index contributed by atoms with van der Waals surface area (Å²) in [6.07, 6.45) is 0. The van der Waals surface area contributed by atoms with Crippen molar-refractivity contribution in [2.75, 3.05) is 20.1 Å². The molecule has 1 aromatic heterocycles. The van der Waals surface area contributed by atoms with E-state index < -0.39 is 0 Å². The summed E-state index contributed by atoms with van der Waals surface area (Å²) in [5, 5.41) is 7.88. The Morgan fingerprint density at radius 1 is 1.47 bits per heavy atom. The largest absolute Gasteiger partial charge is 0.341 e. The highest BCUT2D eigenvalue weighted by Crippen LogP contribution is 2.09. The lowest BCUT2D eigenvalue weighted by molar-refractivity contribution is 0.0776. The van der Waals surface area contributed by atoms with E-state index in [1.54, 1.807) is 24.9 Å². The fourth-order valence-corrected chi connectivity index (χ4v) is 1.60. The Bertz CT molecular complexity index is 405. The van der Waals surface area contributed by atoms with E-state index in [9.17, 15) is 4.79 Å². The molecule has 1 atom stereocenters. The second-order valence-corrected chi connectivity index (χ2v) is 4.51. The minimum absolute atomic E-state index is 0.0270. The third-order valence-electron chi connectivity index (χ3n) is 2.67. The van der Waals surface area contributed by atoms with Crippen LogP contribution in [0.25, 0.3) is 0 Å². The zero-order chi connectivity index (χ0) is 13.0. The number of hydrogen-bond acceptors (Lipinski definition) is 4. The Morgan fingerprint density at radius 3 is 2.71 bits per heavy atom. The molecule has 94 valence electrons. The quantitative estimate of drug-likeness (QED) is 0.837. The summed E-state index contributed by atoms with van der Waals surface area (Å²) < 4.78 is 0. The molecule has 1 unspecified atom stereocenters. The van der Waals surface area contributed by atoms with Crippen molar-refractivity contribution in [2.24, 2.45) is 11.7 Å². The molecule has 0 bridgehead atoms. The number of aryl methyl sites for hydroxylation is 2. The van der Waals surface area contributed by atoms with Crippen LogP contribution >= 0.6 is 0 Å². The molecule has 1 aromatic rings. The fourth-order valence-electron chi connectivity index (χ4n) is 1.60. The van der Waals surface area contributed by atoms with Crippen molar-refractivity contribution in [1.29, 1.82) is 0 Å². The zero-order valence-electron chi connectivity index (χ0n) is 10.9. The van der Waals surface area contributed by atoms with E-state index in [2.05, 4.69) is 10.2 Å². The number of amides is 1. The van der Waals surface area contributed by atoms with Crippen molar-refractivity contribution in [3.8, 4) is 0 Å². The maximum atomic E-state index is 12.2. The van der Waals surface area contributed by atoms with Gasteiger partial charge >= 0.3 is 0 Å². The molecular weight excluding hydrogens is 216 g/mol. The predicted molar refractivity (Wildman–Crippen MR) is 66.7 cm³/mol. The SMILES string of the molecule is Cc1cc(C(=O)N(C)CC(C)CN)c(C)nn1. The Morgan fingerprint density at radius 2 is 2.12 bits per heavy atom. The van der Waals surface area contributed by atoms with Crippen molar-refractivity contribution in [1.82, 2.24) is 15.1 Å². The molecule has 17 heavy (non-hydrogen) atoms. The third kappa shape index (κ3) is 3.49. The van der Waals surface area contributed by atoms with Gasteiger partial charge in [0.15, 0.2) is 0 Å². The van der Waals surface area contributed by atoms with Gasteiger partial charge in [0.2, 0.25) is 0 Å². The second kappa shape index (κ2) is 5.72. The van der Waals surface area contributed by atoms with E-state index in [0.29, 0.717) is 30.3 Å². The summed E-state index contributed by atoms with van der Waals surface area (Å²) in [5.41, 5.74) is 7.58. The first-order valence-corrected chi connectivity index (χ1v) is 5.72. The minimum atomic E-state index is -0.0270. The average molecular weight is 236 g/mol. The molecular formula is C12H20N4O. The molecule has 0 saturated carbocycles. The Hall–Kier alpha value is -1.49. The Balaban J connectivity index is 2.85. The molecule has 5 nitrogen and oxygen atoms in total. The van der Waals surface area contributed by atoms with E-state index in [4.69, 9.17) is 5.73 Å². The van der Waals surface area contributed by atoms with Gasteiger partial charge < -0.3 is 10.6 Å². The van der Waals surface area contributed by atoms with Crippen LogP contribution in [0.1, 0.15) is 28.7 Å². The number of aromatic nitrogens is 2. The van der Waals surface area contributed by atoms with Crippen molar-refractivity contribution in [3.05, 3.63) is 23.0 Å². The van der Waals surface area contributed by atoms with Crippen LogP contribution in [0.4, 0.5) is 0 Å². The molecule has 0 spiro atoms. The van der Waals surface area contributed by atoms with Gasteiger partial charge in [-0.25, -0.2) is 0 Å². The van der Waals surface area contributed by atoms with Gasteiger partial charge in [-0.2, -0.15) is 10.2 Å². The van der Waals surface area contributed by atoms with Crippen molar-refractivity contribution in [2.45, 2.75) is 20.8 Å². The number of nitrogens with zero attached hydrogens (tertiary/aromatic N) is 3. The Kier molecular flexibility index (Phi) is 4.57. The number of hydrogen-bond donors (Lipinski definition) is 1. The summed E-state index contributed by atoms with van der Waals surface area (Å²) >= 11 is 0. The van der Waals surface area contributed by atoms with Gasteiger partial charge in [-0.1, -0.05) is 6.92 Å². The standard InChI is InChI=1S/C12H20N4O/c1-8(6-13)7-16(4)12(17)11-5-9(2)14-15-10(11)3/h5,8H,6-7,13H2,1-4H3. The molecule has 1 heterocycles. The van der Waals surface area contributed by atoms with E-state index >= 15 is 0 Å². The molecule has 5 heteroatoms. The minimum Gasteiger partial charge on any atom is -0.341 e. The Labute approximate surface area is 102 Å². The summed E-state index contributed by atoms with van der Waals surface area (Å²) in [4.78, 5) is 13.9. The van der Waals surface area contributed by atoms with Crippen LogP contribution in [-0.2, 0) is 0 Å². The van der Waals surface area contributed by atoms with Gasteiger partial charge in [0.1, 0.15) is 0 Å². The van der Waals surface area contributed by atoms with Crippen molar-refractivity contribution in [3.63, 3.8) is 0 Å². The molecule has 0 saturated heterocycles. The van der Waals surface area contributed by atoms with Crippen LogP contribution in [0.2, 0.25) is 0 Å². The average Bonchev–Trinajstić information content (AvgIpc) is 2.31. The van der Waals surface area contributed by atoms with Gasteiger partial charge in [0.05, 0.1) is 17.0 Å². The van der Waals surface area contributed by atoms with Crippen LogP contribution in [0, 0.1) is 19.8 Å². The molecule has 1 amide bonds. The van der Waals surface area contributed by atoms with Gasteiger partial charge in [-0.3, -0.25) is 4.79 Å². The van der Waals surface area contributed by atoms with Crippen LogP contribution in [-0.4, -0.2) is 41.1 Å². The molecule has 1 rings (SSSR count). The van der Waals surface area contributed by atoms with E-state index in [1.165, 1.54) is 0 Å². The molecule has 0 aromatic carbocycles. The zero-order valence-corrected chi connectivity index (χ0v) is 10.9. The summed E-state index contributed by atoms with van der Waals surface area (Å²) in [6, 6.07) is 1.77. The number of carbonyl (C=O) groups excluding carboxylic acids is 1. The number of rotatable bonds is 4. The number of nitrogens with two attached hydrogens (primary N) is 1. The van der Waals surface area contributed by atoms with Crippen LogP contribution < -0.4 is 5.73 Å². The smallest absolute Gasteiger partial charge is 0.255 e. The van der Waals surface area contributed by atoms with E-state index in [1.807, 2.05) is 13.8 Å². The van der Waals surface area contributed by atoms with Gasteiger partial charge in [0.25, 0.3) is 5.91 Å². The van der Waals surface area contributed by atoms with Crippen LogP contribution in [0.5, 0.6) is 0 Å². The highest BCUT2D eigenvalue weighted by atomic mass is 16.2. The van der Waals surface area contributed by atoms with E-state index in [-0.39, 0.29) is 5.91 Å². The molecule has 2 N–H and O–H groups in total. The predicted octanol–water partition coefficient (Wildman–Crippen LogP) is 0.760. The summed E-state index contributed by atoms with van der Waals surface area (Å²) in [5.74, 6) is 0.265. The van der Waals surface area contributed by atoms with Gasteiger partial charge in [-0.05, 0) is 32.4 Å². The van der Waals surface area contributed by atoms with Crippen molar-refractivity contribution < 1.29 is 4.79 Å². The highest BCUT2D eigenvalue weighted by molar-refractivity contribution is 5.95. The summed E-state index contributed by atoms with van der Waals surface area (Å²) in [6.45, 7) is 6.86. The first-order valence-electron chi connectivity index (χ1n) is 5.72. The lowest BCUT2D eigenvalue weighted by atomic mass is 10.1. The van der Waals surface area contributed by atoms with Crippen LogP contribution in [0.15, 0.2) is 6.07 Å². The maximum Gasteiger partial charge on any atom is 0.255 e. The number of carbonyl (C=O) groups is 1. The van der Waals surface area contributed by atoms with Crippen LogP contribution in [0.3, 0.4) is 0 Å². The van der Waals surface area contributed by atoms with Gasteiger partial charge in [0, 0.05) is 13.6 Å². The first kappa shape index (κ1) is 13.6. The topological polar surface area (TPSA) is 72.1 Å².